The highest BCUT2D eigenvalue weighted by Crippen LogP contribution is 2.29. The van der Waals surface area contributed by atoms with Gasteiger partial charge in [0.1, 0.15) is 5.82 Å². The molecule has 1 saturated carbocycles. The maximum Gasteiger partial charge on any atom is 0.125 e. The van der Waals surface area contributed by atoms with Crippen LogP contribution in [-0.4, -0.2) is 17.6 Å². The standard InChI is InChI=1S/C17H28N2O/c1-3-11-18-17-10-9-14(12-19-17)13-20-16-8-6-5-7-15(16)4-2/h9-10,12,15-16H,3-8,11,13H2,1-2H3,(H,18,19). The van der Waals surface area contributed by atoms with E-state index in [9.17, 15) is 0 Å². The summed E-state index contributed by atoms with van der Waals surface area (Å²) in [4.78, 5) is 4.43. The maximum atomic E-state index is 6.13. The van der Waals surface area contributed by atoms with E-state index < -0.39 is 0 Å². The lowest BCUT2D eigenvalue weighted by molar-refractivity contribution is -0.0222. The van der Waals surface area contributed by atoms with Crippen LogP contribution in [0.4, 0.5) is 5.82 Å². The Balaban J connectivity index is 1.80. The zero-order chi connectivity index (χ0) is 14.2. The van der Waals surface area contributed by atoms with Crippen molar-refractivity contribution in [2.24, 2.45) is 5.92 Å². The van der Waals surface area contributed by atoms with Crippen LogP contribution in [0.2, 0.25) is 0 Å². The third kappa shape index (κ3) is 4.48. The Morgan fingerprint density at radius 3 is 2.80 bits per heavy atom. The predicted molar refractivity (Wildman–Crippen MR) is 83.8 cm³/mol. The molecule has 20 heavy (non-hydrogen) atoms. The lowest BCUT2D eigenvalue weighted by Gasteiger charge is -2.30. The lowest BCUT2D eigenvalue weighted by Crippen LogP contribution is -2.27. The first kappa shape index (κ1) is 15.3. The molecule has 1 heterocycles. The average Bonchev–Trinajstić information content (AvgIpc) is 2.52. The Hall–Kier alpha value is -1.09. The van der Waals surface area contributed by atoms with Crippen molar-refractivity contribution in [3.05, 3.63) is 23.9 Å². The van der Waals surface area contributed by atoms with Crippen molar-refractivity contribution in [1.29, 1.82) is 0 Å². The summed E-state index contributed by atoms with van der Waals surface area (Å²) in [5, 5.41) is 3.29. The molecule has 2 atom stereocenters. The summed E-state index contributed by atoms with van der Waals surface area (Å²) in [7, 11) is 0. The van der Waals surface area contributed by atoms with E-state index in [2.05, 4.69) is 30.2 Å². The zero-order valence-electron chi connectivity index (χ0n) is 12.9. The molecule has 3 heteroatoms. The highest BCUT2D eigenvalue weighted by atomic mass is 16.5. The summed E-state index contributed by atoms with van der Waals surface area (Å²) >= 11 is 0. The van der Waals surface area contributed by atoms with E-state index in [-0.39, 0.29) is 0 Å². The van der Waals surface area contributed by atoms with Crippen LogP contribution in [0, 0.1) is 5.92 Å². The second-order valence-corrected chi connectivity index (χ2v) is 5.78. The molecule has 3 nitrogen and oxygen atoms in total. The number of hydrogen-bond donors (Lipinski definition) is 1. The largest absolute Gasteiger partial charge is 0.373 e. The van der Waals surface area contributed by atoms with Gasteiger partial charge in [-0.15, -0.1) is 0 Å². The van der Waals surface area contributed by atoms with Crippen molar-refractivity contribution in [2.75, 3.05) is 11.9 Å². The molecule has 2 unspecified atom stereocenters. The second kappa shape index (κ2) is 8.25. The van der Waals surface area contributed by atoms with Gasteiger partial charge in [-0.05, 0) is 36.8 Å². The average molecular weight is 276 g/mol. The summed E-state index contributed by atoms with van der Waals surface area (Å²) in [5.74, 6) is 1.71. The quantitative estimate of drug-likeness (QED) is 0.802. The van der Waals surface area contributed by atoms with Crippen LogP contribution in [-0.2, 0) is 11.3 Å². The molecule has 112 valence electrons. The molecular weight excluding hydrogens is 248 g/mol. The third-order valence-corrected chi connectivity index (χ3v) is 4.21. The topological polar surface area (TPSA) is 34.1 Å². The lowest BCUT2D eigenvalue weighted by atomic mass is 9.85. The van der Waals surface area contributed by atoms with Gasteiger partial charge in [0.25, 0.3) is 0 Å². The van der Waals surface area contributed by atoms with Gasteiger partial charge in [0.05, 0.1) is 12.7 Å². The van der Waals surface area contributed by atoms with Crippen molar-refractivity contribution in [3.8, 4) is 0 Å². The molecule has 0 saturated heterocycles. The minimum absolute atomic E-state index is 0.451. The van der Waals surface area contributed by atoms with Crippen LogP contribution in [0.15, 0.2) is 18.3 Å². The molecule has 2 rings (SSSR count). The number of rotatable bonds is 7. The molecule has 1 aliphatic carbocycles. The summed E-state index contributed by atoms with van der Waals surface area (Å²) in [6.45, 7) is 6.11. The van der Waals surface area contributed by atoms with Crippen molar-refractivity contribution in [2.45, 2.75) is 65.1 Å². The molecule has 1 aromatic rings. The third-order valence-electron chi connectivity index (χ3n) is 4.21. The Morgan fingerprint density at radius 1 is 1.25 bits per heavy atom. The van der Waals surface area contributed by atoms with Crippen molar-refractivity contribution >= 4 is 5.82 Å². The summed E-state index contributed by atoms with van der Waals surface area (Å²) in [5.41, 5.74) is 1.17. The Morgan fingerprint density at radius 2 is 2.10 bits per heavy atom. The van der Waals surface area contributed by atoms with Crippen molar-refractivity contribution in [3.63, 3.8) is 0 Å². The molecular formula is C17H28N2O. The molecule has 1 aliphatic rings. The number of pyridine rings is 1. The number of ether oxygens (including phenoxy) is 1. The summed E-state index contributed by atoms with van der Waals surface area (Å²) < 4.78 is 6.13. The monoisotopic (exact) mass is 276 g/mol. The molecule has 0 bridgehead atoms. The first-order chi connectivity index (χ1) is 9.83. The molecule has 0 radical (unpaired) electrons. The van der Waals surface area contributed by atoms with E-state index in [1.165, 1.54) is 37.7 Å². The van der Waals surface area contributed by atoms with Crippen LogP contribution in [0.3, 0.4) is 0 Å². The van der Waals surface area contributed by atoms with E-state index in [0.29, 0.717) is 12.7 Å². The molecule has 0 spiro atoms. The van der Waals surface area contributed by atoms with E-state index in [0.717, 1.165) is 24.7 Å². The van der Waals surface area contributed by atoms with E-state index in [4.69, 9.17) is 4.74 Å². The number of aromatic nitrogens is 1. The first-order valence-electron chi connectivity index (χ1n) is 8.13. The minimum Gasteiger partial charge on any atom is -0.373 e. The van der Waals surface area contributed by atoms with Crippen LogP contribution < -0.4 is 5.32 Å². The number of nitrogens with zero attached hydrogens (tertiary/aromatic N) is 1. The van der Waals surface area contributed by atoms with Gasteiger partial charge in [0, 0.05) is 12.7 Å². The van der Waals surface area contributed by atoms with E-state index in [1.807, 2.05) is 12.3 Å². The predicted octanol–water partition coefficient (Wildman–Crippen LogP) is 4.39. The van der Waals surface area contributed by atoms with E-state index >= 15 is 0 Å². The smallest absolute Gasteiger partial charge is 0.125 e. The van der Waals surface area contributed by atoms with Gasteiger partial charge in [-0.3, -0.25) is 0 Å². The normalized spacial score (nSPS) is 22.7. The molecule has 1 fully saturated rings. The summed E-state index contributed by atoms with van der Waals surface area (Å²) in [6.07, 6.45) is 9.99. The Labute approximate surface area is 123 Å². The van der Waals surface area contributed by atoms with Crippen LogP contribution in [0.5, 0.6) is 0 Å². The van der Waals surface area contributed by atoms with Crippen LogP contribution >= 0.6 is 0 Å². The second-order valence-electron chi connectivity index (χ2n) is 5.78. The van der Waals surface area contributed by atoms with Crippen molar-refractivity contribution in [1.82, 2.24) is 4.98 Å². The summed E-state index contributed by atoms with van der Waals surface area (Å²) in [6, 6.07) is 4.17. The van der Waals surface area contributed by atoms with Gasteiger partial charge in [-0.1, -0.05) is 39.2 Å². The number of hydrogen-bond acceptors (Lipinski definition) is 3. The van der Waals surface area contributed by atoms with Gasteiger partial charge < -0.3 is 10.1 Å². The van der Waals surface area contributed by atoms with E-state index in [1.54, 1.807) is 0 Å². The number of nitrogens with one attached hydrogen (secondary N) is 1. The molecule has 1 aromatic heterocycles. The molecule has 1 N–H and O–H groups in total. The fraction of sp³-hybridized carbons (Fsp3) is 0.706. The molecule has 0 aliphatic heterocycles. The fourth-order valence-electron chi connectivity index (χ4n) is 2.93. The van der Waals surface area contributed by atoms with Crippen molar-refractivity contribution < 1.29 is 4.74 Å². The SMILES string of the molecule is CCCNc1ccc(COC2CCCCC2CC)cn1. The minimum atomic E-state index is 0.451. The maximum absolute atomic E-state index is 6.13. The highest BCUT2D eigenvalue weighted by molar-refractivity contribution is 5.35. The van der Waals surface area contributed by atoms with Crippen LogP contribution in [0.25, 0.3) is 0 Å². The van der Waals surface area contributed by atoms with Gasteiger partial charge >= 0.3 is 0 Å². The van der Waals surface area contributed by atoms with Gasteiger partial charge in [0.2, 0.25) is 0 Å². The Kier molecular flexibility index (Phi) is 6.31. The van der Waals surface area contributed by atoms with Gasteiger partial charge in [-0.2, -0.15) is 0 Å². The zero-order valence-corrected chi connectivity index (χ0v) is 12.9. The van der Waals surface area contributed by atoms with Crippen LogP contribution in [0.1, 0.15) is 57.9 Å². The first-order valence-corrected chi connectivity index (χ1v) is 8.13. The molecule has 0 amide bonds. The van der Waals surface area contributed by atoms with Gasteiger partial charge in [0.15, 0.2) is 0 Å². The number of anilines is 1. The fourth-order valence-corrected chi connectivity index (χ4v) is 2.93. The van der Waals surface area contributed by atoms with Gasteiger partial charge in [-0.25, -0.2) is 4.98 Å². The highest BCUT2D eigenvalue weighted by Gasteiger charge is 2.24. The molecule has 0 aromatic carbocycles. The Bertz CT molecular complexity index is 377.